The predicted octanol–water partition coefficient (Wildman–Crippen LogP) is 4.40. The molecule has 1 saturated heterocycles. The third-order valence-electron chi connectivity index (χ3n) is 7.17. The van der Waals surface area contributed by atoms with Gasteiger partial charge in [-0.1, -0.05) is 36.7 Å². The molecule has 0 saturated carbocycles. The quantitative estimate of drug-likeness (QED) is 0.431. The number of carbonyl (C=O) groups excluding carboxylic acids is 1. The fraction of sp³-hybridized carbons (Fsp3) is 0.393. The fourth-order valence-electron chi connectivity index (χ4n) is 4.96. The molecule has 0 spiro atoms. The Labute approximate surface area is 233 Å². The summed E-state index contributed by atoms with van der Waals surface area (Å²) >= 11 is 5.83. The zero-order valence-corrected chi connectivity index (χ0v) is 23.3. The molecule has 3 heterocycles. The Morgan fingerprint density at radius 1 is 1.03 bits per heavy atom. The summed E-state index contributed by atoms with van der Waals surface area (Å²) in [5, 5.41) is 26.0. The van der Waals surface area contributed by atoms with E-state index in [9.17, 15) is 9.90 Å². The second-order valence-corrected chi connectivity index (χ2v) is 10.5. The number of carbonyl (C=O) groups is 1. The smallest absolute Gasteiger partial charge is 0.219 e. The maximum Gasteiger partial charge on any atom is 0.219 e. The van der Waals surface area contributed by atoms with Crippen molar-refractivity contribution in [3.8, 4) is 17.0 Å². The number of phenols is 1. The number of amides is 1. The predicted molar refractivity (Wildman–Crippen MR) is 155 cm³/mol. The van der Waals surface area contributed by atoms with Crippen LogP contribution in [0.4, 0.5) is 17.3 Å². The number of nitrogens with two attached hydrogens (primary N) is 2. The summed E-state index contributed by atoms with van der Waals surface area (Å²) in [6.45, 7) is 7.97. The van der Waals surface area contributed by atoms with Crippen LogP contribution in [-0.4, -0.2) is 62.0 Å². The minimum Gasteiger partial charge on any atom is -0.507 e. The van der Waals surface area contributed by atoms with Crippen molar-refractivity contribution in [1.82, 2.24) is 25.3 Å². The number of phenolic OH excluding ortho intramolecular Hbond substituents is 1. The lowest BCUT2D eigenvalue weighted by molar-refractivity contribution is -0.131. The monoisotopic (exact) mass is 550 g/mol. The third-order valence-corrected chi connectivity index (χ3v) is 7.35. The van der Waals surface area contributed by atoms with Crippen molar-refractivity contribution in [2.24, 2.45) is 5.92 Å². The van der Waals surface area contributed by atoms with Gasteiger partial charge in [0.1, 0.15) is 5.75 Å². The Morgan fingerprint density at radius 3 is 2.44 bits per heavy atom. The summed E-state index contributed by atoms with van der Waals surface area (Å²) in [5.74, 6) is 1.84. The van der Waals surface area contributed by atoms with Crippen LogP contribution in [0.1, 0.15) is 45.6 Å². The number of aromatic hydroxyl groups is 1. The maximum absolute atomic E-state index is 11.4. The number of allylic oxidation sites excluding steroid dienone is 2. The zero-order valence-electron chi connectivity index (χ0n) is 22.5. The van der Waals surface area contributed by atoms with Crippen molar-refractivity contribution in [1.29, 1.82) is 0 Å². The van der Waals surface area contributed by atoms with Gasteiger partial charge in [-0.3, -0.25) is 4.79 Å². The highest BCUT2D eigenvalue weighted by Gasteiger charge is 2.27. The number of anilines is 3. The molecule has 39 heavy (non-hydrogen) atoms. The first kappa shape index (κ1) is 28.1. The molecular weight excluding hydrogens is 516 g/mol. The second-order valence-electron chi connectivity index (χ2n) is 10.1. The first-order valence-electron chi connectivity index (χ1n) is 13.1. The largest absolute Gasteiger partial charge is 0.507 e. The van der Waals surface area contributed by atoms with Crippen LogP contribution in [0.25, 0.3) is 16.8 Å². The summed E-state index contributed by atoms with van der Waals surface area (Å²) < 4.78 is 0. The van der Waals surface area contributed by atoms with Gasteiger partial charge in [0.15, 0.2) is 16.8 Å². The van der Waals surface area contributed by atoms with E-state index >= 15 is 0 Å². The highest BCUT2D eigenvalue weighted by molar-refractivity contribution is 6.29. The number of nitrogens with zero attached hydrogens (tertiary/aromatic N) is 6. The third kappa shape index (κ3) is 6.75. The van der Waals surface area contributed by atoms with Crippen molar-refractivity contribution in [2.45, 2.75) is 46.1 Å². The first-order valence-corrected chi connectivity index (χ1v) is 13.4. The lowest BCUT2D eigenvalue weighted by atomic mass is 9.87. The minimum atomic E-state index is 0.0982. The number of benzene rings is 1. The van der Waals surface area contributed by atoms with Crippen molar-refractivity contribution in [3.63, 3.8) is 0 Å². The van der Waals surface area contributed by atoms with Gasteiger partial charge in [-0.15, -0.1) is 20.4 Å². The minimum absolute atomic E-state index is 0.0982. The molecule has 3 aromatic rings. The first-order chi connectivity index (χ1) is 18.6. The van der Waals surface area contributed by atoms with E-state index in [0.717, 1.165) is 36.6 Å². The highest BCUT2D eigenvalue weighted by atomic mass is 35.5. The van der Waals surface area contributed by atoms with Gasteiger partial charge in [0.25, 0.3) is 0 Å². The van der Waals surface area contributed by atoms with Gasteiger partial charge in [0, 0.05) is 49.8 Å². The molecule has 1 aliphatic heterocycles. The average molecular weight is 551 g/mol. The van der Waals surface area contributed by atoms with E-state index in [1.54, 1.807) is 25.1 Å². The number of nitrogen functional groups attached to an aromatic ring is 2. The van der Waals surface area contributed by atoms with Crippen LogP contribution in [0.5, 0.6) is 5.75 Å². The molecule has 1 aromatic carbocycles. The number of hydrogen-bond donors (Lipinski definition) is 3. The summed E-state index contributed by atoms with van der Waals surface area (Å²) in [5.41, 5.74) is 16.1. The molecule has 1 aliphatic carbocycles. The van der Waals surface area contributed by atoms with Gasteiger partial charge in [0.2, 0.25) is 5.91 Å². The summed E-state index contributed by atoms with van der Waals surface area (Å²) in [4.78, 5) is 15.3. The van der Waals surface area contributed by atoms with Crippen molar-refractivity contribution in [2.75, 3.05) is 36.0 Å². The zero-order chi connectivity index (χ0) is 28.1. The van der Waals surface area contributed by atoms with Crippen LogP contribution < -0.4 is 16.4 Å². The number of aromatic nitrogens is 4. The Hall–Kier alpha value is -3.92. The van der Waals surface area contributed by atoms with Crippen LogP contribution in [0.15, 0.2) is 42.5 Å². The molecule has 1 fully saturated rings. The van der Waals surface area contributed by atoms with Crippen LogP contribution in [0.2, 0.25) is 5.15 Å². The molecular formula is C28H35ClN8O2. The molecule has 2 aromatic heterocycles. The van der Waals surface area contributed by atoms with Gasteiger partial charge >= 0.3 is 0 Å². The summed E-state index contributed by atoms with van der Waals surface area (Å²) in [7, 11) is 0. The molecule has 0 radical (unpaired) electrons. The molecule has 5 rings (SSSR count). The van der Waals surface area contributed by atoms with E-state index < -0.39 is 0 Å². The van der Waals surface area contributed by atoms with Crippen molar-refractivity contribution in [3.05, 3.63) is 53.2 Å². The molecule has 5 N–H and O–H groups in total. The van der Waals surface area contributed by atoms with E-state index in [-0.39, 0.29) is 17.7 Å². The maximum atomic E-state index is 11.4. The molecule has 1 amide bonds. The number of rotatable bonds is 3. The average Bonchev–Trinajstić information content (AvgIpc) is 2.91. The molecule has 206 valence electrons. The normalized spacial score (nSPS) is 19.1. The lowest BCUT2D eigenvalue weighted by Crippen LogP contribution is -2.53. The molecule has 2 aliphatic rings. The standard InChI is InChI=1S/C17H19N3O.C11H16ClN5O/c1-11-6-8-12(9-7-11)14-10-15(19-20-17(14)18)13-4-2-3-5-16(13)21;1-7-6-16(3-4-17(7)8(2)18)9-5-10(12)14-15-11(9)13/h2-5,8,10-11,21H,6-7,9H2,1H3,(H2,18,20);5,7H,3-4,6H2,1-2H3,(H2,13,15). The van der Waals surface area contributed by atoms with E-state index in [1.807, 2.05) is 30.0 Å². The van der Waals surface area contributed by atoms with Crippen molar-refractivity contribution >= 4 is 40.4 Å². The topological polar surface area (TPSA) is 147 Å². The fourth-order valence-corrected chi connectivity index (χ4v) is 5.10. The van der Waals surface area contributed by atoms with Gasteiger partial charge in [0.05, 0.1) is 11.4 Å². The Morgan fingerprint density at radius 2 is 1.77 bits per heavy atom. The number of halogens is 1. The van der Waals surface area contributed by atoms with Gasteiger partial charge in [-0.05, 0) is 55.9 Å². The molecule has 10 nitrogen and oxygen atoms in total. The molecule has 2 unspecified atom stereocenters. The van der Waals surface area contributed by atoms with Crippen LogP contribution >= 0.6 is 11.6 Å². The van der Waals surface area contributed by atoms with Crippen LogP contribution in [-0.2, 0) is 4.79 Å². The molecule has 0 bridgehead atoms. The number of para-hydroxylation sites is 1. The highest BCUT2D eigenvalue weighted by Crippen LogP contribution is 2.35. The van der Waals surface area contributed by atoms with E-state index in [2.05, 4.69) is 38.3 Å². The Bertz CT molecular complexity index is 1370. The summed E-state index contributed by atoms with van der Waals surface area (Å²) in [6, 6.07) is 10.9. The Kier molecular flexibility index (Phi) is 8.86. The van der Waals surface area contributed by atoms with E-state index in [0.29, 0.717) is 41.1 Å². The summed E-state index contributed by atoms with van der Waals surface area (Å²) in [6.07, 6.45) is 5.50. The molecule has 2 atom stereocenters. The van der Waals surface area contributed by atoms with Gasteiger partial charge in [-0.2, -0.15) is 0 Å². The Balaban J connectivity index is 0.000000183. The van der Waals surface area contributed by atoms with Crippen LogP contribution in [0.3, 0.4) is 0 Å². The molecule has 11 heteroatoms. The lowest BCUT2D eigenvalue weighted by Gasteiger charge is -2.40. The van der Waals surface area contributed by atoms with Crippen molar-refractivity contribution < 1.29 is 9.90 Å². The number of hydrogen-bond acceptors (Lipinski definition) is 9. The SMILES string of the molecule is CC(=O)N1CCN(c2cc(Cl)nnc2N)CC1C.CC1CC=C(c2cc(-c3ccccc3O)nnc2N)CC1. The number of piperazine rings is 1. The van der Waals surface area contributed by atoms with Crippen LogP contribution in [0, 0.1) is 5.92 Å². The second kappa shape index (κ2) is 12.3. The van der Waals surface area contributed by atoms with Gasteiger partial charge < -0.3 is 26.4 Å². The van der Waals surface area contributed by atoms with E-state index in [4.69, 9.17) is 23.1 Å². The van der Waals surface area contributed by atoms with E-state index in [1.165, 1.54) is 12.0 Å². The van der Waals surface area contributed by atoms with Gasteiger partial charge in [-0.25, -0.2) is 0 Å².